The summed E-state index contributed by atoms with van der Waals surface area (Å²) >= 11 is 0. The standard InChI is InChI=1S/C14H18N4O/c15-10-12-3-1-4-13(9-12)17-14(19)5-2-7-18-8-6-16-11-18/h1,3-4,6,8-9,11H,2,5,7,10,15H2,(H,17,19). The van der Waals surface area contributed by atoms with E-state index in [1.165, 1.54) is 0 Å². The number of aromatic nitrogens is 2. The largest absolute Gasteiger partial charge is 0.337 e. The Bertz CT molecular complexity index is 522. The van der Waals surface area contributed by atoms with Crippen LogP contribution in [0.25, 0.3) is 0 Å². The number of rotatable bonds is 6. The van der Waals surface area contributed by atoms with Crippen molar-refractivity contribution in [2.45, 2.75) is 25.9 Å². The minimum atomic E-state index is 0.0225. The van der Waals surface area contributed by atoms with Crippen LogP contribution in [0.5, 0.6) is 0 Å². The third-order valence-electron chi connectivity index (χ3n) is 2.83. The third kappa shape index (κ3) is 4.22. The van der Waals surface area contributed by atoms with Gasteiger partial charge in [-0.1, -0.05) is 12.1 Å². The lowest BCUT2D eigenvalue weighted by Crippen LogP contribution is -2.12. The van der Waals surface area contributed by atoms with Crippen LogP contribution < -0.4 is 11.1 Å². The zero-order valence-corrected chi connectivity index (χ0v) is 10.7. The van der Waals surface area contributed by atoms with Gasteiger partial charge in [-0.3, -0.25) is 4.79 Å². The molecule has 0 radical (unpaired) electrons. The maximum atomic E-state index is 11.8. The van der Waals surface area contributed by atoms with Crippen molar-refractivity contribution < 1.29 is 4.79 Å². The van der Waals surface area contributed by atoms with Crippen molar-refractivity contribution >= 4 is 11.6 Å². The fourth-order valence-electron chi connectivity index (χ4n) is 1.84. The Morgan fingerprint density at radius 1 is 1.42 bits per heavy atom. The van der Waals surface area contributed by atoms with Crippen molar-refractivity contribution in [2.75, 3.05) is 5.32 Å². The van der Waals surface area contributed by atoms with Crippen LogP contribution in [0.4, 0.5) is 5.69 Å². The summed E-state index contributed by atoms with van der Waals surface area (Å²) in [6.07, 6.45) is 6.66. The van der Waals surface area contributed by atoms with Gasteiger partial charge in [-0.15, -0.1) is 0 Å². The van der Waals surface area contributed by atoms with Gasteiger partial charge in [0.1, 0.15) is 0 Å². The number of aryl methyl sites for hydroxylation is 1. The summed E-state index contributed by atoms with van der Waals surface area (Å²) in [6, 6.07) is 7.60. The van der Waals surface area contributed by atoms with Crippen molar-refractivity contribution in [2.24, 2.45) is 5.73 Å². The fraction of sp³-hybridized carbons (Fsp3) is 0.286. The molecule has 3 N–H and O–H groups in total. The highest BCUT2D eigenvalue weighted by Crippen LogP contribution is 2.10. The minimum absolute atomic E-state index is 0.0225. The Morgan fingerprint density at radius 3 is 3.05 bits per heavy atom. The molecule has 0 aliphatic heterocycles. The monoisotopic (exact) mass is 258 g/mol. The number of carbonyl (C=O) groups excluding carboxylic acids is 1. The van der Waals surface area contributed by atoms with Crippen LogP contribution in [0.1, 0.15) is 18.4 Å². The summed E-state index contributed by atoms with van der Waals surface area (Å²) in [4.78, 5) is 15.7. The smallest absolute Gasteiger partial charge is 0.224 e. The van der Waals surface area contributed by atoms with Gasteiger partial charge in [-0.2, -0.15) is 0 Å². The van der Waals surface area contributed by atoms with Gasteiger partial charge in [0.15, 0.2) is 0 Å². The molecular formula is C14H18N4O. The molecule has 0 aliphatic carbocycles. The van der Waals surface area contributed by atoms with Gasteiger partial charge in [0.2, 0.25) is 5.91 Å². The molecule has 0 atom stereocenters. The number of carbonyl (C=O) groups is 1. The predicted molar refractivity (Wildman–Crippen MR) is 74.4 cm³/mol. The van der Waals surface area contributed by atoms with Gasteiger partial charge in [-0.05, 0) is 24.1 Å². The van der Waals surface area contributed by atoms with E-state index >= 15 is 0 Å². The van der Waals surface area contributed by atoms with Crippen molar-refractivity contribution in [3.05, 3.63) is 48.5 Å². The molecule has 19 heavy (non-hydrogen) atoms. The van der Waals surface area contributed by atoms with Gasteiger partial charge in [0.05, 0.1) is 6.33 Å². The summed E-state index contributed by atoms with van der Waals surface area (Å²) in [5.41, 5.74) is 7.37. The summed E-state index contributed by atoms with van der Waals surface area (Å²) < 4.78 is 1.96. The van der Waals surface area contributed by atoms with E-state index in [9.17, 15) is 4.79 Å². The Morgan fingerprint density at radius 2 is 2.32 bits per heavy atom. The van der Waals surface area contributed by atoms with Crippen LogP contribution in [0.2, 0.25) is 0 Å². The predicted octanol–water partition coefficient (Wildman–Crippen LogP) is 1.76. The van der Waals surface area contributed by atoms with Crippen molar-refractivity contribution in [1.29, 1.82) is 0 Å². The first-order valence-electron chi connectivity index (χ1n) is 6.32. The van der Waals surface area contributed by atoms with E-state index < -0.39 is 0 Å². The lowest BCUT2D eigenvalue weighted by molar-refractivity contribution is -0.116. The second-order valence-electron chi connectivity index (χ2n) is 4.36. The molecule has 1 aromatic heterocycles. The maximum absolute atomic E-state index is 11.8. The Balaban J connectivity index is 1.77. The molecule has 1 aromatic carbocycles. The molecule has 1 heterocycles. The summed E-state index contributed by atoms with van der Waals surface area (Å²) in [7, 11) is 0. The topological polar surface area (TPSA) is 72.9 Å². The van der Waals surface area contributed by atoms with Gasteiger partial charge >= 0.3 is 0 Å². The zero-order chi connectivity index (χ0) is 13.5. The number of hydrogen-bond acceptors (Lipinski definition) is 3. The second-order valence-corrected chi connectivity index (χ2v) is 4.36. The molecule has 2 aromatic rings. The SMILES string of the molecule is NCc1cccc(NC(=O)CCCn2ccnc2)c1. The van der Waals surface area contributed by atoms with E-state index in [0.717, 1.165) is 24.2 Å². The highest BCUT2D eigenvalue weighted by Gasteiger charge is 2.03. The maximum Gasteiger partial charge on any atom is 0.224 e. The summed E-state index contributed by atoms with van der Waals surface area (Å²) in [6.45, 7) is 1.28. The molecule has 0 aliphatic rings. The first-order chi connectivity index (χ1) is 9.28. The highest BCUT2D eigenvalue weighted by atomic mass is 16.1. The number of nitrogens with two attached hydrogens (primary N) is 1. The van der Waals surface area contributed by atoms with Crippen LogP contribution in [-0.2, 0) is 17.9 Å². The lowest BCUT2D eigenvalue weighted by Gasteiger charge is -2.07. The number of imidazole rings is 1. The number of amides is 1. The molecule has 100 valence electrons. The van der Waals surface area contributed by atoms with Gasteiger partial charge in [-0.25, -0.2) is 4.98 Å². The number of benzene rings is 1. The molecule has 0 unspecified atom stereocenters. The van der Waals surface area contributed by atoms with Gasteiger partial charge in [0, 0.05) is 37.6 Å². The number of anilines is 1. The summed E-state index contributed by atoms with van der Waals surface area (Å²) in [5.74, 6) is 0.0225. The quantitative estimate of drug-likeness (QED) is 0.829. The van der Waals surface area contributed by atoms with Gasteiger partial charge < -0.3 is 15.6 Å². The molecule has 0 fully saturated rings. The molecule has 0 spiro atoms. The van der Waals surface area contributed by atoms with E-state index in [1.807, 2.05) is 35.0 Å². The van der Waals surface area contributed by atoms with Crippen molar-refractivity contribution in [3.8, 4) is 0 Å². The van der Waals surface area contributed by atoms with E-state index in [1.54, 1.807) is 12.5 Å². The Hall–Kier alpha value is -2.14. The molecular weight excluding hydrogens is 240 g/mol. The van der Waals surface area contributed by atoms with E-state index in [-0.39, 0.29) is 5.91 Å². The van der Waals surface area contributed by atoms with Crippen molar-refractivity contribution in [3.63, 3.8) is 0 Å². The third-order valence-corrected chi connectivity index (χ3v) is 2.83. The van der Waals surface area contributed by atoms with E-state index in [2.05, 4.69) is 10.3 Å². The van der Waals surface area contributed by atoms with Crippen LogP contribution in [0.15, 0.2) is 43.0 Å². The lowest BCUT2D eigenvalue weighted by atomic mass is 10.2. The average Bonchev–Trinajstić information content (AvgIpc) is 2.92. The Kier molecular flexibility index (Phi) is 4.69. The van der Waals surface area contributed by atoms with Crippen LogP contribution in [-0.4, -0.2) is 15.5 Å². The molecule has 5 heteroatoms. The molecule has 0 bridgehead atoms. The second kappa shape index (κ2) is 6.70. The number of hydrogen-bond donors (Lipinski definition) is 2. The molecule has 5 nitrogen and oxygen atoms in total. The molecule has 2 rings (SSSR count). The Labute approximate surface area is 112 Å². The van der Waals surface area contributed by atoms with Crippen LogP contribution in [0, 0.1) is 0 Å². The summed E-state index contributed by atoms with van der Waals surface area (Å²) in [5, 5.41) is 2.88. The van der Waals surface area contributed by atoms with Crippen LogP contribution in [0.3, 0.4) is 0 Å². The number of nitrogens with one attached hydrogen (secondary N) is 1. The fourth-order valence-corrected chi connectivity index (χ4v) is 1.84. The first-order valence-corrected chi connectivity index (χ1v) is 6.32. The zero-order valence-electron chi connectivity index (χ0n) is 10.7. The highest BCUT2D eigenvalue weighted by molar-refractivity contribution is 5.90. The minimum Gasteiger partial charge on any atom is -0.337 e. The normalized spacial score (nSPS) is 10.4. The molecule has 0 saturated heterocycles. The molecule has 0 saturated carbocycles. The van der Waals surface area contributed by atoms with Crippen LogP contribution >= 0.6 is 0 Å². The van der Waals surface area contributed by atoms with E-state index in [4.69, 9.17) is 5.73 Å². The number of nitrogens with zero attached hydrogens (tertiary/aromatic N) is 2. The van der Waals surface area contributed by atoms with Crippen molar-refractivity contribution in [1.82, 2.24) is 9.55 Å². The van der Waals surface area contributed by atoms with Gasteiger partial charge in [0.25, 0.3) is 0 Å². The average molecular weight is 258 g/mol. The molecule has 1 amide bonds. The first kappa shape index (κ1) is 13.3. The van der Waals surface area contributed by atoms with E-state index in [0.29, 0.717) is 13.0 Å².